The summed E-state index contributed by atoms with van der Waals surface area (Å²) in [7, 11) is 1.66. The number of hydrogen-bond acceptors (Lipinski definition) is 6. The third-order valence-electron chi connectivity index (χ3n) is 5.36. The smallest absolute Gasteiger partial charge is 0.227 e. The lowest BCUT2D eigenvalue weighted by molar-refractivity contribution is -0.129. The summed E-state index contributed by atoms with van der Waals surface area (Å²) in [6.07, 6.45) is 1.69. The highest BCUT2D eigenvalue weighted by Crippen LogP contribution is 2.43. The first-order chi connectivity index (χ1) is 13.2. The van der Waals surface area contributed by atoms with Crippen LogP contribution in [0.1, 0.15) is 18.7 Å². The number of methoxy groups -OCH3 is 1. The van der Waals surface area contributed by atoms with Crippen LogP contribution in [0.15, 0.2) is 28.8 Å². The van der Waals surface area contributed by atoms with Gasteiger partial charge in [0.1, 0.15) is 5.82 Å². The molecular weight excluding hydrogens is 353 g/mol. The summed E-state index contributed by atoms with van der Waals surface area (Å²) in [6, 6.07) is 6.32. The largest absolute Gasteiger partial charge is 0.384 e. The lowest BCUT2D eigenvalue weighted by Crippen LogP contribution is -2.62. The summed E-state index contributed by atoms with van der Waals surface area (Å²) < 4.78 is 29.9. The molecule has 1 saturated heterocycles. The van der Waals surface area contributed by atoms with E-state index in [1.165, 1.54) is 6.07 Å². The SMILES string of the molecule is COC[C@@H]1[C@@H](NC(=O)CCc2nc(-c3ccccc3F)no2)[C@@H]2CCO[C@H]12. The number of aryl methyl sites for hydroxylation is 1. The van der Waals surface area contributed by atoms with E-state index in [0.29, 0.717) is 24.8 Å². The van der Waals surface area contributed by atoms with Crippen LogP contribution in [-0.4, -0.2) is 48.5 Å². The Kier molecular flexibility index (Phi) is 5.18. The fourth-order valence-corrected chi connectivity index (χ4v) is 4.02. The van der Waals surface area contributed by atoms with Crippen LogP contribution in [0.4, 0.5) is 4.39 Å². The van der Waals surface area contributed by atoms with Gasteiger partial charge in [-0.05, 0) is 18.6 Å². The van der Waals surface area contributed by atoms with Crippen LogP contribution in [-0.2, 0) is 20.7 Å². The predicted octanol–water partition coefficient (Wildman–Crippen LogP) is 1.97. The highest BCUT2D eigenvalue weighted by Gasteiger charge is 2.54. The maximum atomic E-state index is 13.8. The molecule has 2 aromatic rings. The Morgan fingerprint density at radius 3 is 3.07 bits per heavy atom. The first-order valence-corrected chi connectivity index (χ1v) is 9.14. The number of carbonyl (C=O) groups is 1. The fourth-order valence-electron chi connectivity index (χ4n) is 4.02. The summed E-state index contributed by atoms with van der Waals surface area (Å²) in [5.74, 6) is 0.580. The van der Waals surface area contributed by atoms with Crippen LogP contribution in [0.5, 0.6) is 0 Å². The molecule has 1 aliphatic carbocycles. The van der Waals surface area contributed by atoms with Gasteiger partial charge < -0.3 is 19.3 Å². The second kappa shape index (κ2) is 7.74. The Morgan fingerprint density at radius 1 is 1.41 bits per heavy atom. The zero-order valence-corrected chi connectivity index (χ0v) is 15.1. The first kappa shape index (κ1) is 18.1. The number of hydrogen-bond donors (Lipinski definition) is 1. The van der Waals surface area contributed by atoms with Crippen molar-refractivity contribution in [2.45, 2.75) is 31.4 Å². The highest BCUT2D eigenvalue weighted by atomic mass is 19.1. The van der Waals surface area contributed by atoms with E-state index in [9.17, 15) is 9.18 Å². The van der Waals surface area contributed by atoms with Crippen molar-refractivity contribution in [2.24, 2.45) is 11.8 Å². The van der Waals surface area contributed by atoms with Gasteiger partial charge in [-0.15, -0.1) is 0 Å². The molecule has 27 heavy (non-hydrogen) atoms. The minimum atomic E-state index is -0.412. The topological polar surface area (TPSA) is 86.5 Å². The van der Waals surface area contributed by atoms with Gasteiger partial charge in [0.05, 0.1) is 18.3 Å². The van der Waals surface area contributed by atoms with Crippen LogP contribution < -0.4 is 5.32 Å². The lowest BCUT2D eigenvalue weighted by atomic mass is 9.67. The normalized spacial score (nSPS) is 26.4. The van der Waals surface area contributed by atoms with Gasteiger partial charge in [0.15, 0.2) is 0 Å². The summed E-state index contributed by atoms with van der Waals surface area (Å²) in [5, 5.41) is 6.89. The van der Waals surface area contributed by atoms with E-state index in [4.69, 9.17) is 14.0 Å². The second-order valence-electron chi connectivity index (χ2n) is 6.99. The molecule has 144 valence electrons. The molecule has 1 aliphatic heterocycles. The molecule has 1 saturated carbocycles. The van der Waals surface area contributed by atoms with Crippen LogP contribution in [0.3, 0.4) is 0 Å². The van der Waals surface area contributed by atoms with Gasteiger partial charge in [-0.25, -0.2) is 4.39 Å². The van der Waals surface area contributed by atoms with Crippen molar-refractivity contribution >= 4 is 5.91 Å². The standard InChI is InChI=1S/C19H22FN3O4/c1-25-10-13-17(12-8-9-26-18(12)13)21-15(24)6-7-16-22-19(23-27-16)11-4-2-3-5-14(11)20/h2-5,12-13,17-18H,6-10H2,1H3,(H,21,24)/t12-,13+,17-,18-/m0/s1. The Morgan fingerprint density at radius 2 is 2.26 bits per heavy atom. The van der Waals surface area contributed by atoms with Crippen molar-refractivity contribution in [1.29, 1.82) is 0 Å². The quantitative estimate of drug-likeness (QED) is 0.796. The maximum Gasteiger partial charge on any atom is 0.227 e. The molecule has 1 aromatic heterocycles. The second-order valence-corrected chi connectivity index (χ2v) is 6.99. The van der Waals surface area contributed by atoms with E-state index in [-0.39, 0.29) is 41.8 Å². The molecule has 1 amide bonds. The number of carbonyl (C=O) groups excluding carboxylic acids is 1. The third kappa shape index (κ3) is 3.59. The average molecular weight is 375 g/mol. The van der Waals surface area contributed by atoms with E-state index in [2.05, 4.69) is 15.5 Å². The van der Waals surface area contributed by atoms with Crippen molar-refractivity contribution in [3.8, 4) is 11.4 Å². The number of rotatable bonds is 7. The Hall–Kier alpha value is -2.32. The van der Waals surface area contributed by atoms with Gasteiger partial charge in [-0.2, -0.15) is 4.98 Å². The van der Waals surface area contributed by atoms with Crippen molar-refractivity contribution in [2.75, 3.05) is 20.3 Å². The van der Waals surface area contributed by atoms with Gasteiger partial charge in [-0.3, -0.25) is 4.79 Å². The first-order valence-electron chi connectivity index (χ1n) is 9.14. The van der Waals surface area contributed by atoms with E-state index < -0.39 is 5.82 Å². The highest BCUT2D eigenvalue weighted by molar-refractivity contribution is 5.76. The van der Waals surface area contributed by atoms with E-state index >= 15 is 0 Å². The predicted molar refractivity (Wildman–Crippen MR) is 93.2 cm³/mol. The summed E-state index contributed by atoms with van der Waals surface area (Å²) in [5.41, 5.74) is 0.279. The van der Waals surface area contributed by atoms with Crippen molar-refractivity contribution in [1.82, 2.24) is 15.5 Å². The fraction of sp³-hybridized carbons (Fsp3) is 0.526. The molecule has 1 aromatic carbocycles. The maximum absolute atomic E-state index is 13.8. The van der Waals surface area contributed by atoms with Gasteiger partial charge in [0.25, 0.3) is 0 Å². The monoisotopic (exact) mass is 375 g/mol. The van der Waals surface area contributed by atoms with Gasteiger partial charge in [0, 0.05) is 44.4 Å². The van der Waals surface area contributed by atoms with E-state index in [1.807, 2.05) is 0 Å². The van der Waals surface area contributed by atoms with Crippen LogP contribution in [0, 0.1) is 17.7 Å². The molecule has 2 heterocycles. The minimum absolute atomic E-state index is 0.0721. The molecule has 2 fully saturated rings. The molecular formula is C19H22FN3O4. The molecule has 2 aliphatic rings. The Balaban J connectivity index is 1.32. The number of nitrogens with zero attached hydrogens (tertiary/aromatic N) is 2. The van der Waals surface area contributed by atoms with Crippen molar-refractivity contribution in [3.05, 3.63) is 36.0 Å². The number of ether oxygens (including phenoxy) is 2. The molecule has 0 radical (unpaired) electrons. The van der Waals surface area contributed by atoms with Gasteiger partial charge in [0.2, 0.25) is 17.6 Å². The average Bonchev–Trinajstić information content (AvgIpc) is 3.30. The van der Waals surface area contributed by atoms with Gasteiger partial charge in [-0.1, -0.05) is 17.3 Å². The summed E-state index contributed by atoms with van der Waals surface area (Å²) in [4.78, 5) is 16.5. The number of halogens is 1. The molecule has 0 unspecified atom stereocenters. The van der Waals surface area contributed by atoms with Crippen LogP contribution in [0.2, 0.25) is 0 Å². The Labute approximate surface area is 156 Å². The van der Waals surface area contributed by atoms with Gasteiger partial charge >= 0.3 is 0 Å². The molecule has 0 bridgehead atoms. The number of benzene rings is 1. The van der Waals surface area contributed by atoms with Crippen molar-refractivity contribution in [3.63, 3.8) is 0 Å². The summed E-state index contributed by atoms with van der Waals surface area (Å²) in [6.45, 7) is 1.31. The molecule has 8 heteroatoms. The molecule has 0 spiro atoms. The van der Waals surface area contributed by atoms with E-state index in [0.717, 1.165) is 13.0 Å². The number of aromatic nitrogens is 2. The van der Waals surface area contributed by atoms with Crippen molar-refractivity contribution < 1.29 is 23.2 Å². The number of fused-ring (bicyclic) bond motifs is 1. The molecule has 7 nitrogen and oxygen atoms in total. The van der Waals surface area contributed by atoms with E-state index in [1.54, 1.807) is 25.3 Å². The van der Waals surface area contributed by atoms with Crippen LogP contribution >= 0.6 is 0 Å². The Bertz CT molecular complexity index is 812. The molecule has 1 N–H and O–H groups in total. The lowest BCUT2D eigenvalue weighted by Gasteiger charge is -2.47. The molecule has 4 atom stereocenters. The minimum Gasteiger partial charge on any atom is -0.384 e. The van der Waals surface area contributed by atoms with Crippen LogP contribution in [0.25, 0.3) is 11.4 Å². The summed E-state index contributed by atoms with van der Waals surface area (Å²) >= 11 is 0. The molecule has 4 rings (SSSR count). The zero-order chi connectivity index (χ0) is 18.8. The third-order valence-corrected chi connectivity index (χ3v) is 5.36. The zero-order valence-electron chi connectivity index (χ0n) is 15.1. The number of amides is 1. The number of nitrogens with one attached hydrogen (secondary N) is 1.